The number of aromatic nitrogens is 6. The van der Waals surface area contributed by atoms with Gasteiger partial charge in [0.25, 0.3) is 0 Å². The molecule has 3 rings (SSSR count). The Balaban J connectivity index is 1.74. The van der Waals surface area contributed by atoms with Crippen LogP contribution in [0.1, 0.15) is 50.5 Å². The summed E-state index contributed by atoms with van der Waals surface area (Å²) in [5.74, 6) is -0.0247. The van der Waals surface area contributed by atoms with Crippen molar-refractivity contribution in [1.29, 1.82) is 0 Å². The maximum absolute atomic E-state index is 12.1. The molecule has 0 aliphatic heterocycles. The van der Waals surface area contributed by atoms with E-state index in [2.05, 4.69) is 34.5 Å². The summed E-state index contributed by atoms with van der Waals surface area (Å²) in [6, 6.07) is 5.88. The van der Waals surface area contributed by atoms with Gasteiger partial charge < -0.3 is 9.47 Å². The van der Waals surface area contributed by atoms with E-state index < -0.39 is 0 Å². The molecular weight excluding hydrogens is 408 g/mol. The molecule has 1 atom stereocenters. The second-order valence-electron chi connectivity index (χ2n) is 7.52. The molecule has 9 nitrogen and oxygen atoms in total. The molecule has 1 unspecified atom stereocenters. The van der Waals surface area contributed by atoms with Gasteiger partial charge in [0.1, 0.15) is 18.0 Å². The van der Waals surface area contributed by atoms with E-state index in [-0.39, 0.29) is 11.8 Å². The topological polar surface area (TPSA) is 97.0 Å². The van der Waals surface area contributed by atoms with Crippen LogP contribution in [-0.4, -0.2) is 55.6 Å². The maximum Gasteiger partial charge on any atom is 0.159 e. The fourth-order valence-electron chi connectivity index (χ4n) is 3.01. The first kappa shape index (κ1) is 23.3. The lowest BCUT2D eigenvalue weighted by molar-refractivity contribution is 0.0783. The summed E-state index contributed by atoms with van der Waals surface area (Å²) in [6.45, 7) is 9.72. The fourth-order valence-corrected chi connectivity index (χ4v) is 3.01. The zero-order chi connectivity index (χ0) is 22.9. The smallest absolute Gasteiger partial charge is 0.159 e. The Kier molecular flexibility index (Phi) is 8.27. The highest BCUT2D eigenvalue weighted by Crippen LogP contribution is 2.27. The Bertz CT molecular complexity index is 1060. The molecule has 3 aromatic rings. The fraction of sp³-hybridized carbons (Fsp3) is 0.435. The number of ether oxygens (including phenoxy) is 2. The molecule has 0 aliphatic carbocycles. The van der Waals surface area contributed by atoms with Crippen molar-refractivity contribution in [2.45, 2.75) is 46.7 Å². The first-order chi connectivity index (χ1) is 15.5. The van der Waals surface area contributed by atoms with Crippen LogP contribution in [0.25, 0.3) is 22.5 Å². The van der Waals surface area contributed by atoms with Crippen LogP contribution in [0.3, 0.4) is 0 Å². The molecule has 0 N–H and O–H groups in total. The van der Waals surface area contributed by atoms with E-state index in [0.717, 1.165) is 23.2 Å². The second kappa shape index (κ2) is 11.3. The number of ketones is 1. The Hall–Kier alpha value is -3.33. The number of hydrogen-bond acceptors (Lipinski definition) is 7. The molecule has 2 heterocycles. The van der Waals surface area contributed by atoms with Gasteiger partial charge >= 0.3 is 0 Å². The third-order valence-corrected chi connectivity index (χ3v) is 5.06. The van der Waals surface area contributed by atoms with Crippen LogP contribution in [0.4, 0.5) is 0 Å². The zero-order valence-corrected chi connectivity index (χ0v) is 19.1. The molecule has 1 aromatic carbocycles. The average molecular weight is 439 g/mol. The molecule has 0 fully saturated rings. The van der Waals surface area contributed by atoms with Crippen molar-refractivity contribution in [3.8, 4) is 22.5 Å². The Morgan fingerprint density at radius 3 is 2.47 bits per heavy atom. The average Bonchev–Trinajstić information content (AvgIpc) is 3.48. The van der Waals surface area contributed by atoms with Gasteiger partial charge in [-0.15, -0.1) is 10.2 Å². The molecule has 0 saturated heterocycles. The Morgan fingerprint density at radius 1 is 1.06 bits per heavy atom. The number of carbonyl (C=O) groups excluding carboxylic acids is 1. The van der Waals surface area contributed by atoms with E-state index in [1.807, 2.05) is 48.3 Å². The van der Waals surface area contributed by atoms with Gasteiger partial charge in [-0.25, -0.2) is 9.36 Å². The number of hydrogen-bond donors (Lipinski definition) is 0. The van der Waals surface area contributed by atoms with E-state index in [1.165, 1.54) is 0 Å². The van der Waals surface area contributed by atoms with Crippen molar-refractivity contribution in [3.05, 3.63) is 48.5 Å². The van der Waals surface area contributed by atoms with Gasteiger partial charge in [0.05, 0.1) is 44.5 Å². The Morgan fingerprint density at radius 2 is 1.78 bits per heavy atom. The van der Waals surface area contributed by atoms with Crippen LogP contribution < -0.4 is 0 Å². The predicted octanol–water partition coefficient (Wildman–Crippen LogP) is 3.94. The highest BCUT2D eigenvalue weighted by atomic mass is 16.5. The van der Waals surface area contributed by atoms with Gasteiger partial charge in [-0.05, 0) is 45.4 Å². The SMILES string of the molecule is C/C=C/OCCOCCn1cc(-c2cc(C(C)=O)cc(-c3cn(C(C)CC)nn3)c2)nn1. The van der Waals surface area contributed by atoms with E-state index in [1.54, 1.807) is 17.9 Å². The predicted molar refractivity (Wildman–Crippen MR) is 121 cm³/mol. The normalized spacial score (nSPS) is 12.4. The molecule has 0 spiro atoms. The van der Waals surface area contributed by atoms with Crippen LogP contribution in [-0.2, 0) is 16.0 Å². The van der Waals surface area contributed by atoms with Crippen molar-refractivity contribution in [1.82, 2.24) is 30.0 Å². The maximum atomic E-state index is 12.1. The summed E-state index contributed by atoms with van der Waals surface area (Å²) >= 11 is 0. The lowest BCUT2D eigenvalue weighted by Crippen LogP contribution is -2.09. The first-order valence-electron chi connectivity index (χ1n) is 10.8. The van der Waals surface area contributed by atoms with Crippen molar-refractivity contribution in [2.75, 3.05) is 19.8 Å². The second-order valence-corrected chi connectivity index (χ2v) is 7.52. The highest BCUT2D eigenvalue weighted by molar-refractivity contribution is 5.96. The minimum absolute atomic E-state index is 0.0247. The molecule has 0 aliphatic rings. The minimum Gasteiger partial charge on any atom is -0.499 e. The first-order valence-corrected chi connectivity index (χ1v) is 10.8. The zero-order valence-electron chi connectivity index (χ0n) is 19.1. The van der Waals surface area contributed by atoms with Gasteiger partial charge in [0, 0.05) is 16.7 Å². The van der Waals surface area contributed by atoms with E-state index in [0.29, 0.717) is 37.6 Å². The van der Waals surface area contributed by atoms with E-state index >= 15 is 0 Å². The van der Waals surface area contributed by atoms with Gasteiger partial charge in [-0.2, -0.15) is 0 Å². The molecule has 9 heteroatoms. The van der Waals surface area contributed by atoms with Crippen molar-refractivity contribution >= 4 is 5.78 Å². The summed E-state index contributed by atoms with van der Waals surface area (Å²) in [4.78, 5) is 12.1. The minimum atomic E-state index is -0.0247. The van der Waals surface area contributed by atoms with Crippen LogP contribution in [0.5, 0.6) is 0 Å². The van der Waals surface area contributed by atoms with Crippen molar-refractivity contribution < 1.29 is 14.3 Å². The monoisotopic (exact) mass is 438 g/mol. The van der Waals surface area contributed by atoms with Crippen molar-refractivity contribution in [2.24, 2.45) is 0 Å². The van der Waals surface area contributed by atoms with Gasteiger partial charge in [0.15, 0.2) is 5.78 Å². The number of benzene rings is 1. The largest absolute Gasteiger partial charge is 0.499 e. The quantitative estimate of drug-likeness (QED) is 0.240. The molecular formula is C23H30N6O3. The highest BCUT2D eigenvalue weighted by Gasteiger charge is 2.14. The number of carbonyl (C=O) groups is 1. The van der Waals surface area contributed by atoms with Crippen LogP contribution >= 0.6 is 0 Å². The van der Waals surface area contributed by atoms with Gasteiger partial charge in [-0.3, -0.25) is 4.79 Å². The van der Waals surface area contributed by atoms with E-state index in [9.17, 15) is 4.79 Å². The Labute approximate surface area is 188 Å². The molecule has 0 radical (unpaired) electrons. The standard InChI is InChI=1S/C23H30N6O3/c1-5-8-31-10-11-32-9-7-28-15-22(24-26-28)20-12-19(18(4)30)13-21(14-20)23-16-29(27-25-23)17(3)6-2/h5,8,12-17H,6-7,9-11H2,1-4H3/b8-5+. The molecule has 0 saturated carbocycles. The van der Waals surface area contributed by atoms with Crippen LogP contribution in [0, 0.1) is 0 Å². The lowest BCUT2D eigenvalue weighted by atomic mass is 10.0. The van der Waals surface area contributed by atoms with Crippen LogP contribution in [0.15, 0.2) is 42.9 Å². The van der Waals surface area contributed by atoms with Crippen molar-refractivity contribution in [3.63, 3.8) is 0 Å². The number of rotatable bonds is 12. The summed E-state index contributed by atoms with van der Waals surface area (Å²) in [5.41, 5.74) is 3.62. The summed E-state index contributed by atoms with van der Waals surface area (Å²) in [6.07, 6.45) is 8.18. The van der Waals surface area contributed by atoms with E-state index in [4.69, 9.17) is 9.47 Å². The van der Waals surface area contributed by atoms with Crippen LogP contribution in [0.2, 0.25) is 0 Å². The van der Waals surface area contributed by atoms with Gasteiger partial charge in [-0.1, -0.05) is 23.4 Å². The lowest BCUT2D eigenvalue weighted by Gasteiger charge is -2.07. The number of Topliss-reactive ketones (excluding diaryl/α,β-unsaturated/α-hetero) is 1. The molecule has 2 aromatic heterocycles. The number of nitrogens with zero attached hydrogens (tertiary/aromatic N) is 6. The molecule has 0 bridgehead atoms. The number of allylic oxidation sites excluding steroid dienone is 1. The summed E-state index contributed by atoms with van der Waals surface area (Å²) in [5, 5.41) is 17.0. The summed E-state index contributed by atoms with van der Waals surface area (Å²) in [7, 11) is 0. The summed E-state index contributed by atoms with van der Waals surface area (Å²) < 4.78 is 14.3. The van der Waals surface area contributed by atoms with Gasteiger partial charge in [0.2, 0.25) is 0 Å². The molecule has 170 valence electrons. The molecule has 32 heavy (non-hydrogen) atoms. The molecule has 0 amide bonds. The third-order valence-electron chi connectivity index (χ3n) is 5.06. The third kappa shape index (κ3) is 6.10.